The Morgan fingerprint density at radius 1 is 1.73 bits per heavy atom. The molecule has 0 aliphatic rings. The molecule has 0 aliphatic carbocycles. The quantitative estimate of drug-likeness (QED) is 0.634. The Kier molecular flexibility index (Phi) is 2.80. The van der Waals surface area contributed by atoms with Crippen molar-refractivity contribution in [3.05, 3.63) is 28.7 Å². The van der Waals surface area contributed by atoms with Crippen LogP contribution in [0.5, 0.6) is 0 Å². The van der Waals surface area contributed by atoms with Crippen LogP contribution in [-0.2, 0) is 6.54 Å². The van der Waals surface area contributed by atoms with E-state index >= 15 is 0 Å². The first-order valence-electron chi connectivity index (χ1n) is 3.51. The average Bonchev–Trinajstić information content (AvgIpc) is 2.03. The fraction of sp³-hybridized carbons (Fsp3) is 0.429. The maximum Gasteiger partial charge on any atom is 0.266 e. The molecule has 4 nitrogen and oxygen atoms in total. The van der Waals surface area contributed by atoms with Crippen LogP contribution in [0.1, 0.15) is 0 Å². The minimum Gasteiger partial charge on any atom is -0.318 e. The highest BCUT2D eigenvalue weighted by atomic mass is 16.1. The van der Waals surface area contributed by atoms with E-state index in [1.807, 2.05) is 7.05 Å². The first-order valence-corrected chi connectivity index (χ1v) is 3.51. The Bertz CT molecular complexity index is 268. The SMILES string of the molecule is CNCCn1ncccc1=O. The molecule has 0 unspecified atom stereocenters. The van der Waals surface area contributed by atoms with Gasteiger partial charge >= 0.3 is 0 Å². The van der Waals surface area contributed by atoms with Crippen molar-refractivity contribution in [1.29, 1.82) is 0 Å². The highest BCUT2D eigenvalue weighted by molar-refractivity contribution is 4.84. The number of aromatic nitrogens is 2. The van der Waals surface area contributed by atoms with Gasteiger partial charge in [0.1, 0.15) is 0 Å². The van der Waals surface area contributed by atoms with Gasteiger partial charge in [-0.2, -0.15) is 5.10 Å². The molecule has 4 heteroatoms. The summed E-state index contributed by atoms with van der Waals surface area (Å²) >= 11 is 0. The molecule has 0 bridgehead atoms. The molecule has 1 rings (SSSR count). The van der Waals surface area contributed by atoms with Crippen LogP contribution < -0.4 is 10.9 Å². The molecule has 0 aromatic carbocycles. The maximum absolute atomic E-state index is 11.0. The molecule has 0 spiro atoms. The Morgan fingerprint density at radius 2 is 2.55 bits per heavy atom. The van der Waals surface area contributed by atoms with Crippen LogP contribution >= 0.6 is 0 Å². The molecule has 0 aliphatic heterocycles. The zero-order valence-corrected chi connectivity index (χ0v) is 6.45. The third kappa shape index (κ3) is 2.16. The zero-order valence-electron chi connectivity index (χ0n) is 6.45. The van der Waals surface area contributed by atoms with E-state index < -0.39 is 0 Å². The van der Waals surface area contributed by atoms with Crippen LogP contribution in [0.25, 0.3) is 0 Å². The van der Waals surface area contributed by atoms with E-state index in [2.05, 4.69) is 10.4 Å². The van der Waals surface area contributed by atoms with E-state index in [0.717, 1.165) is 6.54 Å². The van der Waals surface area contributed by atoms with Gasteiger partial charge < -0.3 is 5.32 Å². The molecule has 1 heterocycles. The fourth-order valence-electron chi connectivity index (χ4n) is 0.773. The highest BCUT2D eigenvalue weighted by Crippen LogP contribution is 1.73. The van der Waals surface area contributed by atoms with Crippen molar-refractivity contribution in [3.63, 3.8) is 0 Å². The number of nitrogens with one attached hydrogen (secondary N) is 1. The van der Waals surface area contributed by atoms with E-state index in [9.17, 15) is 4.79 Å². The van der Waals surface area contributed by atoms with Gasteiger partial charge in [-0.25, -0.2) is 4.68 Å². The minimum absolute atomic E-state index is 0.0530. The Hall–Kier alpha value is -1.16. The molecule has 1 N–H and O–H groups in total. The van der Waals surface area contributed by atoms with Crippen LogP contribution in [0.2, 0.25) is 0 Å². The predicted molar refractivity (Wildman–Crippen MR) is 42.4 cm³/mol. The van der Waals surface area contributed by atoms with Crippen molar-refractivity contribution in [1.82, 2.24) is 15.1 Å². The van der Waals surface area contributed by atoms with E-state index in [-0.39, 0.29) is 5.56 Å². The molecule has 11 heavy (non-hydrogen) atoms. The fourth-order valence-corrected chi connectivity index (χ4v) is 0.773. The summed E-state index contributed by atoms with van der Waals surface area (Å²) in [6.07, 6.45) is 1.61. The van der Waals surface area contributed by atoms with Crippen LogP contribution in [-0.4, -0.2) is 23.4 Å². The van der Waals surface area contributed by atoms with Gasteiger partial charge in [0, 0.05) is 18.8 Å². The summed E-state index contributed by atoms with van der Waals surface area (Å²) in [4.78, 5) is 11.0. The van der Waals surface area contributed by atoms with Crippen LogP contribution in [0.15, 0.2) is 23.1 Å². The lowest BCUT2D eigenvalue weighted by atomic mass is 10.5. The summed E-state index contributed by atoms with van der Waals surface area (Å²) in [5, 5.41) is 6.82. The Labute approximate surface area is 64.9 Å². The van der Waals surface area contributed by atoms with E-state index in [0.29, 0.717) is 6.54 Å². The monoisotopic (exact) mass is 153 g/mol. The first-order chi connectivity index (χ1) is 5.34. The smallest absolute Gasteiger partial charge is 0.266 e. The molecule has 60 valence electrons. The number of likely N-dealkylation sites (N-methyl/N-ethyl adjacent to an activating group) is 1. The molecular weight excluding hydrogens is 142 g/mol. The standard InChI is InChI=1S/C7H11N3O/c1-8-5-6-10-7(11)3-2-4-9-10/h2-4,8H,5-6H2,1H3. The van der Waals surface area contributed by atoms with Crippen molar-refractivity contribution < 1.29 is 0 Å². The van der Waals surface area contributed by atoms with Crippen molar-refractivity contribution in [3.8, 4) is 0 Å². The third-order valence-electron chi connectivity index (χ3n) is 1.36. The molecule has 1 aromatic rings. The highest BCUT2D eigenvalue weighted by Gasteiger charge is 1.91. The Balaban J connectivity index is 2.70. The van der Waals surface area contributed by atoms with Gasteiger partial charge in [0.05, 0.1) is 6.54 Å². The summed E-state index contributed by atoms with van der Waals surface area (Å²) in [5.41, 5.74) is -0.0530. The number of hydrogen-bond donors (Lipinski definition) is 1. The van der Waals surface area contributed by atoms with Crippen molar-refractivity contribution >= 4 is 0 Å². The van der Waals surface area contributed by atoms with Gasteiger partial charge in [0.25, 0.3) is 5.56 Å². The summed E-state index contributed by atoms with van der Waals surface area (Å²) in [6.45, 7) is 1.38. The summed E-state index contributed by atoms with van der Waals surface area (Å²) in [5.74, 6) is 0. The first kappa shape index (κ1) is 7.94. The largest absolute Gasteiger partial charge is 0.318 e. The molecule has 1 aromatic heterocycles. The van der Waals surface area contributed by atoms with Gasteiger partial charge in [-0.3, -0.25) is 4.79 Å². The van der Waals surface area contributed by atoms with E-state index in [1.165, 1.54) is 10.7 Å². The van der Waals surface area contributed by atoms with Crippen molar-refractivity contribution in [2.75, 3.05) is 13.6 Å². The van der Waals surface area contributed by atoms with Gasteiger partial charge in [-0.05, 0) is 13.1 Å². The normalized spacial score (nSPS) is 9.91. The van der Waals surface area contributed by atoms with Gasteiger partial charge in [0.2, 0.25) is 0 Å². The van der Waals surface area contributed by atoms with Gasteiger partial charge in [-0.15, -0.1) is 0 Å². The minimum atomic E-state index is -0.0530. The Morgan fingerprint density at radius 3 is 3.18 bits per heavy atom. The number of hydrogen-bond acceptors (Lipinski definition) is 3. The molecule has 0 atom stereocenters. The second kappa shape index (κ2) is 3.88. The van der Waals surface area contributed by atoms with Crippen LogP contribution in [0.3, 0.4) is 0 Å². The molecule has 0 fully saturated rings. The molecule has 0 radical (unpaired) electrons. The topological polar surface area (TPSA) is 46.9 Å². The summed E-state index contributed by atoms with van der Waals surface area (Å²) < 4.78 is 1.43. The molecule has 0 amide bonds. The van der Waals surface area contributed by atoms with Crippen LogP contribution in [0, 0.1) is 0 Å². The van der Waals surface area contributed by atoms with E-state index in [1.54, 1.807) is 12.3 Å². The van der Waals surface area contributed by atoms with Crippen molar-refractivity contribution in [2.45, 2.75) is 6.54 Å². The average molecular weight is 153 g/mol. The summed E-state index contributed by atoms with van der Waals surface area (Å²) in [6, 6.07) is 3.14. The lowest BCUT2D eigenvalue weighted by molar-refractivity contribution is 0.555. The summed E-state index contributed by atoms with van der Waals surface area (Å²) in [7, 11) is 1.84. The second-order valence-electron chi connectivity index (χ2n) is 2.19. The number of rotatable bonds is 3. The van der Waals surface area contributed by atoms with Gasteiger partial charge in [-0.1, -0.05) is 0 Å². The van der Waals surface area contributed by atoms with Crippen molar-refractivity contribution in [2.24, 2.45) is 0 Å². The lowest BCUT2D eigenvalue weighted by Gasteiger charge is -2.00. The lowest BCUT2D eigenvalue weighted by Crippen LogP contribution is -2.26. The molecule has 0 saturated heterocycles. The molecule has 0 saturated carbocycles. The third-order valence-corrected chi connectivity index (χ3v) is 1.36. The molecular formula is C7H11N3O. The second-order valence-corrected chi connectivity index (χ2v) is 2.19. The van der Waals surface area contributed by atoms with E-state index in [4.69, 9.17) is 0 Å². The number of nitrogens with zero attached hydrogens (tertiary/aromatic N) is 2. The zero-order chi connectivity index (χ0) is 8.10. The predicted octanol–water partition coefficient (Wildman–Crippen LogP) is -0.537. The maximum atomic E-state index is 11.0. The van der Waals surface area contributed by atoms with Crippen LogP contribution in [0.4, 0.5) is 0 Å². The van der Waals surface area contributed by atoms with Gasteiger partial charge in [0.15, 0.2) is 0 Å².